The molecule has 4 heteroatoms. The van der Waals surface area contributed by atoms with Crippen LogP contribution in [0, 0.1) is 0 Å². The summed E-state index contributed by atoms with van der Waals surface area (Å²) in [6, 6.07) is 4.42. The van der Waals surface area contributed by atoms with Crippen LogP contribution in [0.3, 0.4) is 0 Å². The Morgan fingerprint density at radius 2 is 1.88 bits per heavy atom. The first-order chi connectivity index (χ1) is 8.04. The van der Waals surface area contributed by atoms with Gasteiger partial charge in [-0.05, 0) is 41.0 Å². The molecule has 0 unspecified atom stereocenters. The first-order valence-corrected chi connectivity index (χ1v) is 7.54. The van der Waals surface area contributed by atoms with Gasteiger partial charge in [0.1, 0.15) is 0 Å². The number of rotatable bonds is 3. The normalized spacial score (nSPS) is 11.9. The van der Waals surface area contributed by atoms with Crippen LogP contribution in [0.5, 0.6) is 0 Å². The van der Waals surface area contributed by atoms with E-state index in [4.69, 9.17) is 5.14 Å². The average Bonchev–Trinajstić information content (AvgIpc) is 2.69. The maximum Gasteiger partial charge on any atom is 0.165 e. The summed E-state index contributed by atoms with van der Waals surface area (Å²) in [7, 11) is 0. The molecule has 17 heavy (non-hydrogen) atoms. The Labute approximate surface area is 111 Å². The SMILES string of the molecule is CC(C)c1ccc2sc(SN)nc2c1C(C)C. The summed E-state index contributed by atoms with van der Waals surface area (Å²) in [5, 5.41) is 5.60. The van der Waals surface area contributed by atoms with Crippen molar-refractivity contribution in [2.24, 2.45) is 5.14 Å². The van der Waals surface area contributed by atoms with Crippen molar-refractivity contribution < 1.29 is 0 Å². The zero-order valence-corrected chi connectivity index (χ0v) is 12.3. The maximum atomic E-state index is 5.60. The molecule has 0 bridgehead atoms. The number of nitrogens with two attached hydrogens (primary N) is 1. The lowest BCUT2D eigenvalue weighted by Gasteiger charge is -2.16. The lowest BCUT2D eigenvalue weighted by Crippen LogP contribution is -1.99. The second kappa shape index (κ2) is 4.96. The highest BCUT2D eigenvalue weighted by Gasteiger charge is 2.16. The third-order valence-electron chi connectivity index (χ3n) is 2.91. The highest BCUT2D eigenvalue weighted by Crippen LogP contribution is 2.36. The predicted octanol–water partition coefficient (Wildman–Crippen LogP) is 4.51. The van der Waals surface area contributed by atoms with Gasteiger partial charge >= 0.3 is 0 Å². The van der Waals surface area contributed by atoms with Gasteiger partial charge in [0, 0.05) is 0 Å². The Morgan fingerprint density at radius 3 is 2.41 bits per heavy atom. The minimum Gasteiger partial charge on any atom is -0.272 e. The van der Waals surface area contributed by atoms with Crippen LogP contribution in [0.25, 0.3) is 10.2 Å². The van der Waals surface area contributed by atoms with Crippen molar-refractivity contribution in [3.63, 3.8) is 0 Å². The fraction of sp³-hybridized carbons (Fsp3) is 0.462. The molecule has 0 aliphatic rings. The summed E-state index contributed by atoms with van der Waals surface area (Å²) in [5.74, 6) is 1.03. The first kappa shape index (κ1) is 12.9. The van der Waals surface area contributed by atoms with E-state index in [1.165, 1.54) is 27.8 Å². The third kappa shape index (κ3) is 2.34. The van der Waals surface area contributed by atoms with E-state index in [9.17, 15) is 0 Å². The van der Waals surface area contributed by atoms with E-state index in [1.54, 1.807) is 11.3 Å². The van der Waals surface area contributed by atoms with E-state index < -0.39 is 0 Å². The smallest absolute Gasteiger partial charge is 0.165 e. The van der Waals surface area contributed by atoms with Gasteiger partial charge < -0.3 is 0 Å². The average molecular weight is 266 g/mol. The molecule has 0 spiro atoms. The van der Waals surface area contributed by atoms with Gasteiger partial charge in [-0.2, -0.15) is 0 Å². The van der Waals surface area contributed by atoms with E-state index in [0.29, 0.717) is 11.8 Å². The summed E-state index contributed by atoms with van der Waals surface area (Å²) < 4.78 is 2.19. The molecule has 2 rings (SSSR count). The van der Waals surface area contributed by atoms with Gasteiger partial charge in [0.15, 0.2) is 4.34 Å². The Bertz CT molecular complexity index is 529. The first-order valence-electron chi connectivity index (χ1n) is 5.84. The van der Waals surface area contributed by atoms with Crippen molar-refractivity contribution >= 4 is 33.5 Å². The van der Waals surface area contributed by atoms with Crippen molar-refractivity contribution in [2.75, 3.05) is 0 Å². The highest BCUT2D eigenvalue weighted by atomic mass is 32.2. The molecule has 2 N–H and O–H groups in total. The topological polar surface area (TPSA) is 38.9 Å². The summed E-state index contributed by atoms with van der Waals surface area (Å²) in [5.41, 5.74) is 3.93. The number of hydrogen-bond acceptors (Lipinski definition) is 4. The molecule has 1 heterocycles. The monoisotopic (exact) mass is 266 g/mol. The molecule has 0 amide bonds. The molecule has 1 aromatic heterocycles. The van der Waals surface area contributed by atoms with E-state index in [2.05, 4.69) is 44.8 Å². The quantitative estimate of drug-likeness (QED) is 0.831. The van der Waals surface area contributed by atoms with Crippen LogP contribution in [0.2, 0.25) is 0 Å². The molecule has 0 saturated carbocycles. The van der Waals surface area contributed by atoms with Crippen molar-refractivity contribution in [1.82, 2.24) is 4.98 Å². The van der Waals surface area contributed by atoms with Crippen LogP contribution in [0.4, 0.5) is 0 Å². The molecular formula is C13H18N2S2. The fourth-order valence-corrected chi connectivity index (χ4v) is 3.49. The second-order valence-electron chi connectivity index (χ2n) is 4.82. The fourth-order valence-electron chi connectivity index (χ4n) is 2.17. The van der Waals surface area contributed by atoms with Crippen molar-refractivity contribution in [2.45, 2.75) is 43.9 Å². The van der Waals surface area contributed by atoms with Crippen LogP contribution in [0.15, 0.2) is 16.5 Å². The van der Waals surface area contributed by atoms with Gasteiger partial charge in [-0.25, -0.2) is 4.98 Å². The molecular weight excluding hydrogens is 248 g/mol. The van der Waals surface area contributed by atoms with Gasteiger partial charge in [0.25, 0.3) is 0 Å². The van der Waals surface area contributed by atoms with Gasteiger partial charge in [-0.1, -0.05) is 33.8 Å². The van der Waals surface area contributed by atoms with Crippen molar-refractivity contribution in [3.8, 4) is 0 Å². The lowest BCUT2D eigenvalue weighted by molar-refractivity contribution is 0.795. The maximum absolute atomic E-state index is 5.60. The lowest BCUT2D eigenvalue weighted by atomic mass is 9.90. The van der Waals surface area contributed by atoms with Crippen molar-refractivity contribution in [3.05, 3.63) is 23.3 Å². The summed E-state index contributed by atoms with van der Waals surface area (Å²) in [4.78, 5) is 4.65. The van der Waals surface area contributed by atoms with E-state index in [-0.39, 0.29) is 0 Å². The van der Waals surface area contributed by atoms with Crippen molar-refractivity contribution in [1.29, 1.82) is 0 Å². The van der Waals surface area contributed by atoms with E-state index in [1.807, 2.05) is 0 Å². The zero-order chi connectivity index (χ0) is 12.6. The summed E-state index contributed by atoms with van der Waals surface area (Å²) >= 11 is 2.91. The van der Waals surface area contributed by atoms with Crippen LogP contribution in [0.1, 0.15) is 50.7 Å². The summed E-state index contributed by atoms with van der Waals surface area (Å²) in [6.07, 6.45) is 0. The standard InChI is InChI=1S/C13H18N2S2/c1-7(2)9-5-6-10-12(11(9)8(3)4)15-13(16-10)17-14/h5-8H,14H2,1-4H3. The third-order valence-corrected chi connectivity index (χ3v) is 4.56. The predicted molar refractivity (Wildman–Crippen MR) is 77.8 cm³/mol. The largest absolute Gasteiger partial charge is 0.272 e. The molecule has 0 aliphatic heterocycles. The Hall–Kier alpha value is -0.580. The number of benzene rings is 1. The minimum absolute atomic E-state index is 0.494. The molecule has 92 valence electrons. The van der Waals surface area contributed by atoms with E-state index >= 15 is 0 Å². The van der Waals surface area contributed by atoms with Crippen LogP contribution >= 0.6 is 23.3 Å². The number of thiazole rings is 1. The molecule has 0 atom stereocenters. The zero-order valence-electron chi connectivity index (χ0n) is 10.7. The molecule has 0 saturated heterocycles. The molecule has 0 fully saturated rings. The van der Waals surface area contributed by atoms with Gasteiger partial charge in [-0.15, -0.1) is 11.3 Å². The summed E-state index contributed by atoms with van der Waals surface area (Å²) in [6.45, 7) is 8.93. The molecule has 0 aliphatic carbocycles. The molecule has 2 aromatic rings. The van der Waals surface area contributed by atoms with Gasteiger partial charge in [0.2, 0.25) is 0 Å². The number of fused-ring (bicyclic) bond motifs is 1. The van der Waals surface area contributed by atoms with Crippen LogP contribution in [-0.4, -0.2) is 4.98 Å². The van der Waals surface area contributed by atoms with Crippen LogP contribution < -0.4 is 5.14 Å². The molecule has 0 radical (unpaired) electrons. The minimum atomic E-state index is 0.494. The Kier molecular flexibility index (Phi) is 3.76. The molecule has 1 aromatic carbocycles. The van der Waals surface area contributed by atoms with Crippen LogP contribution in [-0.2, 0) is 0 Å². The van der Waals surface area contributed by atoms with Gasteiger partial charge in [0.05, 0.1) is 10.2 Å². The van der Waals surface area contributed by atoms with E-state index in [0.717, 1.165) is 9.86 Å². The molecule has 2 nitrogen and oxygen atoms in total. The highest BCUT2D eigenvalue weighted by molar-refractivity contribution is 7.99. The Morgan fingerprint density at radius 1 is 1.18 bits per heavy atom. The number of hydrogen-bond donors (Lipinski definition) is 1. The second-order valence-corrected chi connectivity index (χ2v) is 6.73. The van der Waals surface area contributed by atoms with Gasteiger partial charge in [-0.3, -0.25) is 5.14 Å². The Balaban J connectivity index is 2.73. The number of aromatic nitrogens is 1. The number of nitrogens with zero attached hydrogens (tertiary/aromatic N) is 1.